The minimum atomic E-state index is -0.695. The van der Waals surface area contributed by atoms with Crippen molar-refractivity contribution in [2.24, 2.45) is 0 Å². The van der Waals surface area contributed by atoms with Crippen molar-refractivity contribution in [3.05, 3.63) is 22.2 Å². The highest BCUT2D eigenvalue weighted by molar-refractivity contribution is 9.10. The Balaban J connectivity index is 3.10. The molecule has 0 saturated carbocycles. The molecule has 0 radical (unpaired) electrons. The molecule has 0 aromatic heterocycles. The van der Waals surface area contributed by atoms with Crippen molar-refractivity contribution in [2.75, 3.05) is 27.9 Å². The van der Waals surface area contributed by atoms with Crippen LogP contribution in [0.15, 0.2) is 16.6 Å². The van der Waals surface area contributed by atoms with Crippen LogP contribution in [0.1, 0.15) is 11.7 Å². The molecule has 0 aliphatic carbocycles. The molecule has 0 aliphatic heterocycles. The van der Waals surface area contributed by atoms with Crippen molar-refractivity contribution in [1.82, 2.24) is 0 Å². The van der Waals surface area contributed by atoms with Gasteiger partial charge in [0.15, 0.2) is 11.5 Å². The third kappa shape index (κ3) is 2.87. The highest BCUT2D eigenvalue weighted by Gasteiger charge is 2.15. The number of hydrogen-bond donors (Lipinski definition) is 1. The fourth-order valence-corrected chi connectivity index (χ4v) is 1.96. The lowest BCUT2D eigenvalue weighted by molar-refractivity contribution is 0.0638. The second-order valence-corrected chi connectivity index (χ2v) is 4.05. The molecule has 0 amide bonds. The van der Waals surface area contributed by atoms with E-state index in [1.165, 1.54) is 7.11 Å². The van der Waals surface area contributed by atoms with E-state index in [0.717, 1.165) is 4.47 Å². The highest BCUT2D eigenvalue weighted by Crippen LogP contribution is 2.35. The maximum Gasteiger partial charge on any atom is 0.161 e. The molecule has 90 valence electrons. The Morgan fingerprint density at radius 3 is 2.25 bits per heavy atom. The number of aliphatic hydroxyl groups is 1. The molecular formula is C11H15BrO4. The molecule has 1 N–H and O–H groups in total. The smallest absolute Gasteiger partial charge is 0.161 e. The lowest BCUT2D eigenvalue weighted by atomic mass is 10.1. The van der Waals surface area contributed by atoms with Crippen LogP contribution in [0.2, 0.25) is 0 Å². The van der Waals surface area contributed by atoms with Gasteiger partial charge < -0.3 is 19.3 Å². The van der Waals surface area contributed by atoms with Gasteiger partial charge in [0.05, 0.1) is 20.8 Å². The molecule has 5 heteroatoms. The van der Waals surface area contributed by atoms with Crippen LogP contribution >= 0.6 is 15.9 Å². The van der Waals surface area contributed by atoms with Crippen LogP contribution in [-0.4, -0.2) is 33.0 Å². The molecule has 1 aromatic carbocycles. The van der Waals surface area contributed by atoms with Crippen molar-refractivity contribution in [3.63, 3.8) is 0 Å². The molecule has 1 unspecified atom stereocenters. The minimum Gasteiger partial charge on any atom is -0.493 e. The van der Waals surface area contributed by atoms with E-state index < -0.39 is 6.10 Å². The van der Waals surface area contributed by atoms with Crippen molar-refractivity contribution in [3.8, 4) is 11.5 Å². The fourth-order valence-electron chi connectivity index (χ4n) is 1.37. The van der Waals surface area contributed by atoms with E-state index in [0.29, 0.717) is 17.1 Å². The second-order valence-electron chi connectivity index (χ2n) is 3.20. The van der Waals surface area contributed by atoms with Gasteiger partial charge in [-0.25, -0.2) is 0 Å². The topological polar surface area (TPSA) is 47.9 Å². The summed E-state index contributed by atoms with van der Waals surface area (Å²) in [5, 5.41) is 9.83. The summed E-state index contributed by atoms with van der Waals surface area (Å²) in [5.41, 5.74) is 0.708. The minimum absolute atomic E-state index is 0.230. The summed E-state index contributed by atoms with van der Waals surface area (Å²) in [7, 11) is 4.66. The third-order valence-corrected chi connectivity index (χ3v) is 2.87. The average Bonchev–Trinajstić information content (AvgIpc) is 2.28. The zero-order valence-electron chi connectivity index (χ0n) is 9.49. The summed E-state index contributed by atoms with van der Waals surface area (Å²) in [6.07, 6.45) is -0.695. The van der Waals surface area contributed by atoms with E-state index in [1.807, 2.05) is 0 Å². The Morgan fingerprint density at radius 2 is 1.75 bits per heavy atom. The third-order valence-electron chi connectivity index (χ3n) is 2.19. The zero-order chi connectivity index (χ0) is 12.1. The normalized spacial score (nSPS) is 12.3. The van der Waals surface area contributed by atoms with Crippen molar-refractivity contribution >= 4 is 15.9 Å². The van der Waals surface area contributed by atoms with E-state index in [-0.39, 0.29) is 6.61 Å². The molecule has 1 aromatic rings. The van der Waals surface area contributed by atoms with Crippen LogP contribution in [0, 0.1) is 0 Å². The van der Waals surface area contributed by atoms with E-state index in [9.17, 15) is 5.11 Å². The summed E-state index contributed by atoms with van der Waals surface area (Å²) in [4.78, 5) is 0. The molecule has 0 fully saturated rings. The molecule has 4 nitrogen and oxygen atoms in total. The van der Waals surface area contributed by atoms with E-state index >= 15 is 0 Å². The van der Waals surface area contributed by atoms with Crippen LogP contribution in [0.25, 0.3) is 0 Å². The second kappa shape index (κ2) is 6.08. The summed E-state index contributed by atoms with van der Waals surface area (Å²) < 4.78 is 16.0. The van der Waals surface area contributed by atoms with Gasteiger partial charge in [-0.3, -0.25) is 0 Å². The van der Waals surface area contributed by atoms with Gasteiger partial charge in [0.25, 0.3) is 0 Å². The summed E-state index contributed by atoms with van der Waals surface area (Å²) in [5.74, 6) is 1.19. The van der Waals surface area contributed by atoms with Crippen LogP contribution in [0.3, 0.4) is 0 Å². The first-order valence-corrected chi connectivity index (χ1v) is 5.51. The monoisotopic (exact) mass is 290 g/mol. The van der Waals surface area contributed by atoms with Gasteiger partial charge in [-0.1, -0.05) is 15.9 Å². The van der Waals surface area contributed by atoms with E-state index in [2.05, 4.69) is 15.9 Å². The number of benzene rings is 1. The van der Waals surface area contributed by atoms with Gasteiger partial charge in [0.2, 0.25) is 0 Å². The quantitative estimate of drug-likeness (QED) is 0.903. The molecule has 0 spiro atoms. The molecule has 0 heterocycles. The van der Waals surface area contributed by atoms with Gasteiger partial charge in [0.1, 0.15) is 6.10 Å². The number of aliphatic hydroxyl groups excluding tert-OH is 1. The van der Waals surface area contributed by atoms with Gasteiger partial charge in [-0.15, -0.1) is 0 Å². The summed E-state index contributed by atoms with van der Waals surface area (Å²) in [6.45, 7) is 0.230. The maximum atomic E-state index is 9.83. The number of ether oxygens (including phenoxy) is 3. The Kier molecular flexibility index (Phi) is 5.05. The summed E-state index contributed by atoms with van der Waals surface area (Å²) >= 11 is 3.37. The fraction of sp³-hybridized carbons (Fsp3) is 0.455. The van der Waals surface area contributed by atoms with E-state index in [1.54, 1.807) is 26.4 Å². The molecule has 16 heavy (non-hydrogen) atoms. The SMILES string of the molecule is COCC(O)c1cc(OC)c(OC)cc1Br. The number of hydrogen-bond acceptors (Lipinski definition) is 4. The molecule has 0 aliphatic rings. The summed E-state index contributed by atoms with van der Waals surface area (Å²) in [6, 6.07) is 3.49. The Morgan fingerprint density at radius 1 is 1.19 bits per heavy atom. The first kappa shape index (κ1) is 13.3. The standard InChI is InChI=1S/C11H15BrO4/c1-14-6-9(13)7-4-10(15-2)11(16-3)5-8(7)12/h4-5,9,13H,6H2,1-3H3. The van der Waals surface area contributed by atoms with Gasteiger partial charge in [-0.05, 0) is 12.1 Å². The van der Waals surface area contributed by atoms with Gasteiger partial charge in [0, 0.05) is 17.1 Å². The van der Waals surface area contributed by atoms with Gasteiger partial charge >= 0.3 is 0 Å². The van der Waals surface area contributed by atoms with Crippen LogP contribution in [-0.2, 0) is 4.74 Å². The Bertz CT molecular complexity index is 354. The van der Waals surface area contributed by atoms with Crippen molar-refractivity contribution < 1.29 is 19.3 Å². The maximum absolute atomic E-state index is 9.83. The predicted octanol–water partition coefficient (Wildman–Crippen LogP) is 2.15. The van der Waals surface area contributed by atoms with Gasteiger partial charge in [-0.2, -0.15) is 0 Å². The molecular weight excluding hydrogens is 276 g/mol. The lowest BCUT2D eigenvalue weighted by Crippen LogP contribution is -2.06. The molecule has 0 saturated heterocycles. The highest BCUT2D eigenvalue weighted by atomic mass is 79.9. The number of methoxy groups -OCH3 is 3. The predicted molar refractivity (Wildman–Crippen MR) is 64.1 cm³/mol. The molecule has 0 bridgehead atoms. The van der Waals surface area contributed by atoms with E-state index in [4.69, 9.17) is 14.2 Å². The Hall–Kier alpha value is -0.780. The first-order chi connectivity index (χ1) is 7.63. The number of halogens is 1. The molecule has 1 atom stereocenters. The lowest BCUT2D eigenvalue weighted by Gasteiger charge is -2.15. The Labute approximate surface area is 103 Å². The largest absolute Gasteiger partial charge is 0.493 e. The zero-order valence-corrected chi connectivity index (χ0v) is 11.1. The van der Waals surface area contributed by atoms with Crippen LogP contribution in [0.4, 0.5) is 0 Å². The average molecular weight is 291 g/mol. The number of rotatable bonds is 5. The van der Waals surface area contributed by atoms with Crippen molar-refractivity contribution in [2.45, 2.75) is 6.10 Å². The van der Waals surface area contributed by atoms with Crippen LogP contribution < -0.4 is 9.47 Å². The van der Waals surface area contributed by atoms with Crippen LogP contribution in [0.5, 0.6) is 11.5 Å². The first-order valence-electron chi connectivity index (χ1n) is 4.72. The van der Waals surface area contributed by atoms with Crippen molar-refractivity contribution in [1.29, 1.82) is 0 Å². The molecule has 1 rings (SSSR count).